The molecule has 78 heavy (non-hydrogen) atoms. The SMILES string of the molecule is CCCCCCC/C=C\CCCCCCCC(=O)OCC(COC(=O)CCCCCCCCCCCCCCCCCCCCCCCCCCCCCCC)OC(=O)CCCCCCCCCCCCCCCCCCC. The Hall–Kier alpha value is -1.85. The van der Waals surface area contributed by atoms with Crippen molar-refractivity contribution in [2.45, 2.75) is 419 Å². The van der Waals surface area contributed by atoms with Crippen LogP contribution in [0.3, 0.4) is 0 Å². The van der Waals surface area contributed by atoms with E-state index in [1.165, 1.54) is 308 Å². The van der Waals surface area contributed by atoms with Crippen molar-refractivity contribution in [3.63, 3.8) is 0 Å². The Bertz CT molecular complexity index is 1210. The molecule has 0 rings (SSSR count). The molecule has 6 heteroatoms. The van der Waals surface area contributed by atoms with E-state index in [1.807, 2.05) is 0 Å². The van der Waals surface area contributed by atoms with E-state index in [1.54, 1.807) is 0 Å². The van der Waals surface area contributed by atoms with Gasteiger partial charge >= 0.3 is 17.9 Å². The number of allylic oxidation sites excluding steroid dienone is 2. The van der Waals surface area contributed by atoms with Crippen LogP contribution in [-0.4, -0.2) is 37.2 Å². The Morgan fingerprint density at radius 1 is 0.244 bits per heavy atom. The lowest BCUT2D eigenvalue weighted by Crippen LogP contribution is -2.30. The van der Waals surface area contributed by atoms with Gasteiger partial charge in [0.15, 0.2) is 6.10 Å². The van der Waals surface area contributed by atoms with Gasteiger partial charge in [-0.15, -0.1) is 0 Å². The lowest BCUT2D eigenvalue weighted by atomic mass is 10.0. The monoisotopic (exact) mass is 1100 g/mol. The minimum absolute atomic E-state index is 0.0657. The molecule has 0 N–H and O–H groups in total. The van der Waals surface area contributed by atoms with Crippen LogP contribution in [0.25, 0.3) is 0 Å². The molecule has 0 aromatic rings. The van der Waals surface area contributed by atoms with Crippen LogP contribution in [0.5, 0.6) is 0 Å². The van der Waals surface area contributed by atoms with Gasteiger partial charge < -0.3 is 14.2 Å². The first-order valence-electron chi connectivity index (χ1n) is 35.7. The normalized spacial score (nSPS) is 12.0. The Balaban J connectivity index is 4.15. The number of esters is 3. The third-order valence-electron chi connectivity index (χ3n) is 16.5. The van der Waals surface area contributed by atoms with E-state index < -0.39 is 6.10 Å². The van der Waals surface area contributed by atoms with Gasteiger partial charge in [-0.25, -0.2) is 0 Å². The highest BCUT2D eigenvalue weighted by Crippen LogP contribution is 2.19. The third kappa shape index (κ3) is 65.0. The van der Waals surface area contributed by atoms with Crippen LogP contribution in [0, 0.1) is 0 Å². The average Bonchev–Trinajstić information content (AvgIpc) is 3.44. The maximum absolute atomic E-state index is 12.9. The van der Waals surface area contributed by atoms with Gasteiger partial charge in [0, 0.05) is 19.3 Å². The highest BCUT2D eigenvalue weighted by Gasteiger charge is 2.19. The number of carbonyl (C=O) groups is 3. The lowest BCUT2D eigenvalue weighted by molar-refractivity contribution is -0.167. The Kier molecular flexibility index (Phi) is 66.0. The van der Waals surface area contributed by atoms with Crippen LogP contribution in [0.15, 0.2) is 12.2 Å². The van der Waals surface area contributed by atoms with Crippen molar-refractivity contribution < 1.29 is 28.6 Å². The molecule has 0 saturated heterocycles. The molecular formula is C72H138O6. The van der Waals surface area contributed by atoms with Crippen LogP contribution in [0.4, 0.5) is 0 Å². The summed E-state index contributed by atoms with van der Waals surface area (Å²) in [6, 6.07) is 0. The van der Waals surface area contributed by atoms with Gasteiger partial charge in [-0.1, -0.05) is 360 Å². The molecule has 0 heterocycles. The Labute approximate surface area is 488 Å². The molecule has 0 spiro atoms. The molecule has 0 aromatic heterocycles. The molecule has 0 amide bonds. The summed E-state index contributed by atoms with van der Waals surface area (Å²) in [7, 11) is 0. The molecule has 1 unspecified atom stereocenters. The zero-order valence-electron chi connectivity index (χ0n) is 53.2. The summed E-state index contributed by atoms with van der Waals surface area (Å²) >= 11 is 0. The van der Waals surface area contributed by atoms with Gasteiger partial charge in [0.1, 0.15) is 13.2 Å². The van der Waals surface area contributed by atoms with Gasteiger partial charge in [0.25, 0.3) is 0 Å². The minimum Gasteiger partial charge on any atom is -0.462 e. The van der Waals surface area contributed by atoms with Crippen molar-refractivity contribution in [2.75, 3.05) is 13.2 Å². The summed E-state index contributed by atoms with van der Waals surface area (Å²) in [6.07, 6.45) is 81.1. The number of hydrogen-bond donors (Lipinski definition) is 0. The van der Waals surface area contributed by atoms with Gasteiger partial charge in [0.05, 0.1) is 0 Å². The summed E-state index contributed by atoms with van der Waals surface area (Å²) in [5, 5.41) is 0. The molecule has 0 aliphatic carbocycles. The second kappa shape index (κ2) is 67.7. The molecule has 0 aromatic carbocycles. The number of unbranched alkanes of at least 4 members (excludes halogenated alkanes) is 54. The number of carbonyl (C=O) groups excluding carboxylic acids is 3. The van der Waals surface area contributed by atoms with Gasteiger partial charge in [-0.3, -0.25) is 14.4 Å². The van der Waals surface area contributed by atoms with E-state index in [4.69, 9.17) is 14.2 Å². The van der Waals surface area contributed by atoms with E-state index in [9.17, 15) is 14.4 Å². The Morgan fingerprint density at radius 3 is 0.641 bits per heavy atom. The summed E-state index contributed by atoms with van der Waals surface area (Å²) in [6.45, 7) is 6.71. The number of rotatable bonds is 67. The van der Waals surface area contributed by atoms with Crippen molar-refractivity contribution in [1.82, 2.24) is 0 Å². The molecule has 0 aliphatic heterocycles. The Morgan fingerprint density at radius 2 is 0.423 bits per heavy atom. The highest BCUT2D eigenvalue weighted by molar-refractivity contribution is 5.71. The average molecular weight is 1100 g/mol. The number of hydrogen-bond acceptors (Lipinski definition) is 6. The summed E-state index contributed by atoms with van der Waals surface area (Å²) in [4.78, 5) is 38.4. The summed E-state index contributed by atoms with van der Waals surface area (Å²) < 4.78 is 17.0. The molecule has 0 fully saturated rings. The molecule has 1 atom stereocenters. The minimum atomic E-state index is -0.769. The zero-order chi connectivity index (χ0) is 56.4. The van der Waals surface area contributed by atoms with Crippen LogP contribution in [0.2, 0.25) is 0 Å². The lowest BCUT2D eigenvalue weighted by Gasteiger charge is -2.18. The maximum Gasteiger partial charge on any atom is 0.306 e. The fourth-order valence-corrected chi connectivity index (χ4v) is 11.2. The highest BCUT2D eigenvalue weighted by atomic mass is 16.6. The third-order valence-corrected chi connectivity index (χ3v) is 16.5. The molecule has 0 aliphatic rings. The first-order chi connectivity index (χ1) is 38.5. The molecule has 0 saturated carbocycles. The fraction of sp³-hybridized carbons (Fsp3) is 0.931. The summed E-state index contributed by atoms with van der Waals surface area (Å²) in [5.74, 6) is -0.840. The fourth-order valence-electron chi connectivity index (χ4n) is 11.2. The zero-order valence-corrected chi connectivity index (χ0v) is 53.2. The van der Waals surface area contributed by atoms with Crippen LogP contribution in [-0.2, 0) is 28.6 Å². The number of ether oxygens (including phenoxy) is 3. The van der Waals surface area contributed by atoms with Crippen LogP contribution < -0.4 is 0 Å². The molecule has 0 radical (unpaired) electrons. The van der Waals surface area contributed by atoms with E-state index in [2.05, 4.69) is 32.9 Å². The predicted octanol–water partition coefficient (Wildman–Crippen LogP) is 24.4. The predicted molar refractivity (Wildman–Crippen MR) is 340 cm³/mol. The standard InChI is InChI=1S/C72H138O6/c1-4-7-10-13-16-19-22-25-28-30-31-32-33-34-35-36-37-38-39-40-41-43-44-47-50-53-56-59-62-65-71(74)77-68-69(67-76-70(73)64-61-58-55-52-49-46-27-24-21-18-15-12-9-6-3)78-72(75)66-63-60-57-54-51-48-45-42-29-26-23-20-17-14-11-8-5-2/h24,27,69H,4-23,25-26,28-68H2,1-3H3/b27-24-. The largest absolute Gasteiger partial charge is 0.462 e. The molecular weight excluding hydrogens is 961 g/mol. The topological polar surface area (TPSA) is 78.9 Å². The van der Waals surface area contributed by atoms with Crippen LogP contribution >= 0.6 is 0 Å². The van der Waals surface area contributed by atoms with Crippen molar-refractivity contribution in [2.24, 2.45) is 0 Å². The first kappa shape index (κ1) is 76.1. The van der Waals surface area contributed by atoms with E-state index >= 15 is 0 Å². The van der Waals surface area contributed by atoms with Crippen molar-refractivity contribution in [1.29, 1.82) is 0 Å². The van der Waals surface area contributed by atoms with Crippen molar-refractivity contribution >= 4 is 17.9 Å². The van der Waals surface area contributed by atoms with Crippen molar-refractivity contribution in [3.8, 4) is 0 Å². The first-order valence-corrected chi connectivity index (χ1v) is 35.7. The second-order valence-corrected chi connectivity index (χ2v) is 24.5. The summed E-state index contributed by atoms with van der Waals surface area (Å²) in [5.41, 5.74) is 0. The van der Waals surface area contributed by atoms with E-state index in [0.717, 1.165) is 64.2 Å². The molecule has 6 nitrogen and oxygen atoms in total. The van der Waals surface area contributed by atoms with Gasteiger partial charge in [-0.2, -0.15) is 0 Å². The second-order valence-electron chi connectivity index (χ2n) is 24.5. The van der Waals surface area contributed by atoms with Crippen molar-refractivity contribution in [3.05, 3.63) is 12.2 Å². The van der Waals surface area contributed by atoms with Gasteiger partial charge in [-0.05, 0) is 44.9 Å². The van der Waals surface area contributed by atoms with E-state index in [0.29, 0.717) is 19.3 Å². The maximum atomic E-state index is 12.9. The molecule has 0 bridgehead atoms. The van der Waals surface area contributed by atoms with Gasteiger partial charge in [0.2, 0.25) is 0 Å². The molecule has 462 valence electrons. The van der Waals surface area contributed by atoms with Crippen LogP contribution in [0.1, 0.15) is 412 Å². The quantitative estimate of drug-likeness (QED) is 0.0261. The smallest absolute Gasteiger partial charge is 0.306 e. The van der Waals surface area contributed by atoms with E-state index in [-0.39, 0.29) is 31.1 Å².